The van der Waals surface area contributed by atoms with Gasteiger partial charge >= 0.3 is 5.97 Å². The quantitative estimate of drug-likeness (QED) is 0.786. The van der Waals surface area contributed by atoms with Gasteiger partial charge in [-0.15, -0.1) is 0 Å². The third-order valence-electron chi connectivity index (χ3n) is 2.19. The number of hydrogen-bond acceptors (Lipinski definition) is 3. The number of cyclic esters (lactones) is 1. The third kappa shape index (κ3) is 2.49. The largest absolute Gasteiger partial charge is 0.512 e. The zero-order valence-electron chi connectivity index (χ0n) is 8.11. The van der Waals surface area contributed by atoms with Crippen molar-refractivity contribution in [2.45, 2.75) is 12.5 Å². The molecule has 0 bridgehead atoms. The topological polar surface area (TPSA) is 46.5 Å². The van der Waals surface area contributed by atoms with E-state index in [0.29, 0.717) is 15.6 Å². The highest BCUT2D eigenvalue weighted by Crippen LogP contribution is 2.31. The average molecular weight is 259 g/mol. The van der Waals surface area contributed by atoms with E-state index in [4.69, 9.17) is 27.9 Å². The Bertz CT molecular complexity index is 448. The molecule has 1 unspecified atom stereocenters. The first-order valence-electron chi connectivity index (χ1n) is 4.61. The molecule has 1 aromatic rings. The Morgan fingerprint density at radius 2 is 1.88 bits per heavy atom. The first-order chi connectivity index (χ1) is 7.54. The molecule has 0 amide bonds. The number of aliphatic hydroxyl groups is 1. The van der Waals surface area contributed by atoms with E-state index in [1.54, 1.807) is 18.2 Å². The molecular formula is C11H8Cl2O3. The molecule has 1 aromatic carbocycles. The molecule has 1 aliphatic heterocycles. The van der Waals surface area contributed by atoms with Gasteiger partial charge in [-0.1, -0.05) is 23.2 Å². The maximum Gasteiger partial charge on any atom is 0.334 e. The van der Waals surface area contributed by atoms with Crippen LogP contribution in [0.4, 0.5) is 0 Å². The highest BCUT2D eigenvalue weighted by Gasteiger charge is 2.23. The first kappa shape index (κ1) is 11.3. The second-order valence-corrected chi connectivity index (χ2v) is 4.34. The summed E-state index contributed by atoms with van der Waals surface area (Å²) in [5, 5.41) is 10.3. The standard InChI is InChI=1S/C11H8Cl2O3/c12-7-1-6(2-8(13)3-7)10-4-9(14)5-11(15)16-10/h1-3,5,10,14H,4H2. The summed E-state index contributed by atoms with van der Waals surface area (Å²) in [6.45, 7) is 0. The first-order valence-corrected chi connectivity index (χ1v) is 5.36. The van der Waals surface area contributed by atoms with Crippen LogP contribution in [0.5, 0.6) is 0 Å². The molecule has 0 aromatic heterocycles. The highest BCUT2D eigenvalue weighted by atomic mass is 35.5. The number of carbonyl (C=O) groups excluding carboxylic acids is 1. The van der Waals surface area contributed by atoms with Crippen LogP contribution in [-0.2, 0) is 9.53 Å². The zero-order chi connectivity index (χ0) is 11.7. The lowest BCUT2D eigenvalue weighted by Gasteiger charge is -2.21. The van der Waals surface area contributed by atoms with E-state index >= 15 is 0 Å². The van der Waals surface area contributed by atoms with Gasteiger partial charge in [0.2, 0.25) is 0 Å². The lowest BCUT2D eigenvalue weighted by Crippen LogP contribution is -2.16. The lowest BCUT2D eigenvalue weighted by molar-refractivity contribution is -0.145. The Hall–Kier alpha value is -1.19. The molecular weight excluding hydrogens is 251 g/mol. The van der Waals surface area contributed by atoms with E-state index in [1.165, 1.54) is 0 Å². The second-order valence-electron chi connectivity index (χ2n) is 3.47. The van der Waals surface area contributed by atoms with Crippen molar-refractivity contribution in [3.05, 3.63) is 45.6 Å². The van der Waals surface area contributed by atoms with E-state index < -0.39 is 12.1 Å². The smallest absolute Gasteiger partial charge is 0.334 e. The fourth-order valence-electron chi connectivity index (χ4n) is 1.55. The monoisotopic (exact) mass is 258 g/mol. The Kier molecular flexibility index (Phi) is 3.08. The van der Waals surface area contributed by atoms with Crippen molar-refractivity contribution in [1.29, 1.82) is 0 Å². The molecule has 1 heterocycles. The SMILES string of the molecule is O=C1C=C(O)CC(c2cc(Cl)cc(Cl)c2)O1. The van der Waals surface area contributed by atoms with Crippen molar-refractivity contribution in [2.24, 2.45) is 0 Å². The van der Waals surface area contributed by atoms with Gasteiger partial charge in [-0.25, -0.2) is 4.79 Å². The predicted octanol–water partition coefficient (Wildman–Crippen LogP) is 3.42. The molecule has 16 heavy (non-hydrogen) atoms. The van der Waals surface area contributed by atoms with E-state index in [2.05, 4.69) is 0 Å². The second kappa shape index (κ2) is 4.36. The van der Waals surface area contributed by atoms with Gasteiger partial charge in [0.25, 0.3) is 0 Å². The number of hydrogen-bond donors (Lipinski definition) is 1. The van der Waals surface area contributed by atoms with Gasteiger partial charge in [0.05, 0.1) is 6.08 Å². The maximum atomic E-state index is 11.1. The average Bonchev–Trinajstić information content (AvgIpc) is 2.14. The van der Waals surface area contributed by atoms with Crippen LogP contribution in [0.15, 0.2) is 30.0 Å². The minimum atomic E-state index is -0.565. The Balaban J connectivity index is 2.31. The summed E-state index contributed by atoms with van der Waals surface area (Å²) in [6.07, 6.45) is 0.763. The van der Waals surface area contributed by atoms with E-state index in [1.807, 2.05) is 0 Å². The van der Waals surface area contributed by atoms with Crippen LogP contribution < -0.4 is 0 Å². The normalized spacial score (nSPS) is 20.2. The molecule has 3 nitrogen and oxygen atoms in total. The molecule has 5 heteroatoms. The molecule has 84 valence electrons. The van der Waals surface area contributed by atoms with E-state index in [9.17, 15) is 9.90 Å². The van der Waals surface area contributed by atoms with Gasteiger partial charge in [-0.05, 0) is 23.8 Å². The van der Waals surface area contributed by atoms with Crippen LogP contribution in [0.25, 0.3) is 0 Å². The van der Waals surface area contributed by atoms with Crippen molar-refractivity contribution in [1.82, 2.24) is 0 Å². The summed E-state index contributed by atoms with van der Waals surface area (Å²) in [4.78, 5) is 11.1. The Labute approximate surface area is 102 Å². The van der Waals surface area contributed by atoms with Gasteiger partial charge in [0.15, 0.2) is 0 Å². The van der Waals surface area contributed by atoms with Crippen molar-refractivity contribution < 1.29 is 14.6 Å². The van der Waals surface area contributed by atoms with Crippen molar-refractivity contribution in [2.75, 3.05) is 0 Å². The zero-order valence-corrected chi connectivity index (χ0v) is 9.63. The van der Waals surface area contributed by atoms with Crippen LogP contribution in [0.1, 0.15) is 18.1 Å². The fourth-order valence-corrected chi connectivity index (χ4v) is 2.09. The maximum absolute atomic E-state index is 11.1. The molecule has 0 radical (unpaired) electrons. The van der Waals surface area contributed by atoms with Crippen LogP contribution in [0.3, 0.4) is 0 Å². The number of aliphatic hydroxyl groups excluding tert-OH is 1. The number of halogens is 2. The number of rotatable bonds is 1. The van der Waals surface area contributed by atoms with Gasteiger partial charge in [0.1, 0.15) is 11.9 Å². The van der Waals surface area contributed by atoms with Crippen LogP contribution in [-0.4, -0.2) is 11.1 Å². The summed E-state index contributed by atoms with van der Waals surface area (Å²) in [5.74, 6) is -0.567. The molecule has 1 aliphatic rings. The lowest BCUT2D eigenvalue weighted by atomic mass is 10.0. The van der Waals surface area contributed by atoms with E-state index in [-0.39, 0.29) is 12.2 Å². The molecule has 0 saturated carbocycles. The summed E-state index contributed by atoms with van der Waals surface area (Å²) in [5.41, 5.74) is 0.672. The van der Waals surface area contributed by atoms with Crippen LogP contribution in [0, 0.1) is 0 Å². The number of esters is 1. The van der Waals surface area contributed by atoms with Gasteiger partial charge in [-0.3, -0.25) is 0 Å². The number of benzene rings is 1. The molecule has 0 spiro atoms. The molecule has 1 atom stereocenters. The number of ether oxygens (including phenoxy) is 1. The third-order valence-corrected chi connectivity index (χ3v) is 2.63. The van der Waals surface area contributed by atoms with Crippen molar-refractivity contribution in [3.8, 4) is 0 Å². The number of carbonyl (C=O) groups is 1. The Morgan fingerprint density at radius 3 is 2.44 bits per heavy atom. The molecule has 2 rings (SSSR count). The summed E-state index contributed by atoms with van der Waals surface area (Å²) < 4.78 is 5.06. The summed E-state index contributed by atoms with van der Waals surface area (Å²) in [6, 6.07) is 4.90. The molecule has 0 saturated heterocycles. The minimum absolute atomic E-state index is 0.00246. The fraction of sp³-hybridized carbons (Fsp3) is 0.182. The predicted molar refractivity (Wildman–Crippen MR) is 60.6 cm³/mol. The van der Waals surface area contributed by atoms with Crippen LogP contribution in [0.2, 0.25) is 10.0 Å². The van der Waals surface area contributed by atoms with Crippen molar-refractivity contribution in [3.63, 3.8) is 0 Å². The molecule has 0 aliphatic carbocycles. The van der Waals surface area contributed by atoms with Crippen LogP contribution >= 0.6 is 23.2 Å². The molecule has 0 fully saturated rings. The van der Waals surface area contributed by atoms with Gasteiger partial charge < -0.3 is 9.84 Å². The van der Waals surface area contributed by atoms with E-state index in [0.717, 1.165) is 6.08 Å². The highest BCUT2D eigenvalue weighted by molar-refractivity contribution is 6.34. The minimum Gasteiger partial charge on any atom is -0.512 e. The summed E-state index contributed by atoms with van der Waals surface area (Å²) >= 11 is 11.7. The van der Waals surface area contributed by atoms with Gasteiger partial charge in [0, 0.05) is 16.5 Å². The Morgan fingerprint density at radius 1 is 1.25 bits per heavy atom. The van der Waals surface area contributed by atoms with Gasteiger partial charge in [-0.2, -0.15) is 0 Å². The summed E-state index contributed by atoms with van der Waals surface area (Å²) in [7, 11) is 0. The molecule has 1 N–H and O–H groups in total. The van der Waals surface area contributed by atoms with Crippen molar-refractivity contribution >= 4 is 29.2 Å².